The third-order valence-electron chi connectivity index (χ3n) is 3.52. The summed E-state index contributed by atoms with van der Waals surface area (Å²) >= 11 is 0. The Balaban J connectivity index is 2.44. The average molecular weight is 274 g/mol. The minimum Gasteiger partial charge on any atom is -0.480 e. The van der Waals surface area contributed by atoms with E-state index in [9.17, 15) is 14.7 Å². The highest BCUT2D eigenvalue weighted by molar-refractivity contribution is 5.82. The second-order valence-electron chi connectivity index (χ2n) is 4.92. The lowest BCUT2D eigenvalue weighted by atomic mass is 9.92. The number of amides is 2. The van der Waals surface area contributed by atoms with Gasteiger partial charge >= 0.3 is 12.0 Å². The first-order valence-electron chi connectivity index (χ1n) is 6.53. The number of aliphatic hydroxyl groups is 2. The molecule has 2 atom stereocenters. The van der Waals surface area contributed by atoms with Crippen LogP contribution in [0.1, 0.15) is 26.2 Å². The first-order chi connectivity index (χ1) is 8.95. The van der Waals surface area contributed by atoms with E-state index in [1.54, 1.807) is 11.8 Å². The summed E-state index contributed by atoms with van der Waals surface area (Å²) in [5.41, 5.74) is 0. The molecule has 7 nitrogen and oxygen atoms in total. The average Bonchev–Trinajstić information content (AvgIpc) is 2.38. The highest BCUT2D eigenvalue weighted by atomic mass is 16.4. The lowest BCUT2D eigenvalue weighted by Crippen LogP contribution is -2.51. The molecule has 1 unspecified atom stereocenters. The summed E-state index contributed by atoms with van der Waals surface area (Å²) in [5.74, 6) is -0.960. The molecule has 0 aromatic carbocycles. The molecule has 1 aliphatic rings. The van der Waals surface area contributed by atoms with Gasteiger partial charge in [-0.05, 0) is 25.7 Å². The molecule has 0 saturated carbocycles. The molecule has 0 bridgehead atoms. The fourth-order valence-corrected chi connectivity index (χ4v) is 2.21. The van der Waals surface area contributed by atoms with Gasteiger partial charge in [-0.25, -0.2) is 9.59 Å². The lowest BCUT2D eigenvalue weighted by molar-refractivity contribution is -0.139. The largest absolute Gasteiger partial charge is 0.480 e. The third-order valence-corrected chi connectivity index (χ3v) is 3.52. The molecule has 110 valence electrons. The van der Waals surface area contributed by atoms with Crippen molar-refractivity contribution >= 4 is 12.0 Å². The van der Waals surface area contributed by atoms with Gasteiger partial charge in [-0.3, -0.25) is 0 Å². The number of carboxylic acids is 1. The van der Waals surface area contributed by atoms with E-state index >= 15 is 0 Å². The van der Waals surface area contributed by atoms with Gasteiger partial charge in [0.15, 0.2) is 0 Å². The molecule has 0 aromatic rings. The molecule has 0 aromatic heterocycles. The second kappa shape index (κ2) is 7.30. The summed E-state index contributed by atoms with van der Waals surface area (Å²) in [5, 5.41) is 29.5. The van der Waals surface area contributed by atoms with Gasteiger partial charge in [0, 0.05) is 26.1 Å². The quantitative estimate of drug-likeness (QED) is 0.546. The van der Waals surface area contributed by atoms with Gasteiger partial charge in [0.1, 0.15) is 6.04 Å². The van der Waals surface area contributed by atoms with Gasteiger partial charge in [0.2, 0.25) is 0 Å². The highest BCUT2D eigenvalue weighted by Crippen LogP contribution is 2.20. The number of carbonyl (C=O) groups excluding carboxylic acids is 1. The van der Waals surface area contributed by atoms with Crippen molar-refractivity contribution in [2.24, 2.45) is 5.92 Å². The minimum atomic E-state index is -1.15. The number of rotatable bonds is 5. The van der Waals surface area contributed by atoms with Crippen LogP contribution in [0, 0.1) is 5.92 Å². The summed E-state index contributed by atoms with van der Waals surface area (Å²) in [6.45, 7) is 2.46. The Kier molecular flexibility index (Phi) is 6.04. The number of likely N-dealkylation sites (tertiary alicyclic amines) is 1. The first kappa shape index (κ1) is 15.7. The molecule has 1 aliphatic heterocycles. The SMILES string of the molecule is CC(O)C1CCN(C(=O)N[C@H](CCO)C(=O)O)CC1. The predicted molar refractivity (Wildman–Crippen MR) is 67.6 cm³/mol. The first-order valence-corrected chi connectivity index (χ1v) is 6.53. The molecule has 0 radical (unpaired) electrons. The molecular formula is C12H22N2O5. The second-order valence-corrected chi connectivity index (χ2v) is 4.92. The van der Waals surface area contributed by atoms with Gasteiger partial charge in [0.25, 0.3) is 0 Å². The molecule has 1 saturated heterocycles. The van der Waals surface area contributed by atoms with Crippen LogP contribution in [0.2, 0.25) is 0 Å². The standard InChI is InChI=1S/C12H22N2O5/c1-8(16)9-2-5-14(6-3-9)12(19)13-10(4-7-15)11(17)18/h8-10,15-16H,2-7H2,1H3,(H,13,19)(H,17,18)/t8?,10-/m1/s1. The fourth-order valence-electron chi connectivity index (χ4n) is 2.21. The maximum Gasteiger partial charge on any atom is 0.326 e. The van der Waals surface area contributed by atoms with Gasteiger partial charge in [-0.15, -0.1) is 0 Å². The monoisotopic (exact) mass is 274 g/mol. The van der Waals surface area contributed by atoms with Crippen LogP contribution in [0.4, 0.5) is 4.79 Å². The normalized spacial score (nSPS) is 19.8. The fraction of sp³-hybridized carbons (Fsp3) is 0.833. The Labute approximate surface area is 112 Å². The number of aliphatic carboxylic acids is 1. The maximum absolute atomic E-state index is 11.9. The van der Waals surface area contributed by atoms with Crippen molar-refractivity contribution in [2.75, 3.05) is 19.7 Å². The molecule has 4 N–H and O–H groups in total. The summed E-state index contributed by atoms with van der Waals surface area (Å²) < 4.78 is 0. The van der Waals surface area contributed by atoms with Crippen LogP contribution in [0.25, 0.3) is 0 Å². The van der Waals surface area contributed by atoms with Crippen molar-refractivity contribution < 1.29 is 24.9 Å². The number of hydrogen-bond donors (Lipinski definition) is 4. The molecule has 1 heterocycles. The van der Waals surface area contributed by atoms with Crippen LogP contribution in [0.15, 0.2) is 0 Å². The molecule has 0 aliphatic carbocycles. The van der Waals surface area contributed by atoms with E-state index in [-0.39, 0.29) is 25.0 Å². The van der Waals surface area contributed by atoms with Crippen LogP contribution in [0.3, 0.4) is 0 Å². The Morgan fingerprint density at radius 3 is 2.37 bits per heavy atom. The molecule has 0 spiro atoms. The number of nitrogens with zero attached hydrogens (tertiary/aromatic N) is 1. The number of carboxylic acid groups (broad SMARTS) is 1. The minimum absolute atomic E-state index is 0.00872. The number of carbonyl (C=O) groups is 2. The summed E-state index contributed by atoms with van der Waals surface area (Å²) in [6.07, 6.45) is 1.03. The van der Waals surface area contributed by atoms with Crippen molar-refractivity contribution in [3.63, 3.8) is 0 Å². The third kappa shape index (κ3) is 4.68. The van der Waals surface area contributed by atoms with Gasteiger partial charge in [0.05, 0.1) is 6.10 Å². The zero-order valence-corrected chi connectivity index (χ0v) is 11.1. The van der Waals surface area contributed by atoms with E-state index in [2.05, 4.69) is 5.32 Å². The summed E-state index contributed by atoms with van der Waals surface area (Å²) in [7, 11) is 0. The van der Waals surface area contributed by atoms with E-state index in [0.717, 1.165) is 0 Å². The molecular weight excluding hydrogens is 252 g/mol. The Morgan fingerprint density at radius 2 is 1.95 bits per heavy atom. The predicted octanol–water partition coefficient (Wildman–Crippen LogP) is -0.376. The van der Waals surface area contributed by atoms with E-state index < -0.39 is 18.0 Å². The maximum atomic E-state index is 11.9. The number of hydrogen-bond acceptors (Lipinski definition) is 4. The van der Waals surface area contributed by atoms with Crippen LogP contribution >= 0.6 is 0 Å². The van der Waals surface area contributed by atoms with Gasteiger partial charge in [-0.1, -0.05) is 0 Å². The van der Waals surface area contributed by atoms with Crippen molar-refractivity contribution in [3.05, 3.63) is 0 Å². The highest BCUT2D eigenvalue weighted by Gasteiger charge is 2.27. The Morgan fingerprint density at radius 1 is 1.37 bits per heavy atom. The van der Waals surface area contributed by atoms with Crippen LogP contribution < -0.4 is 5.32 Å². The van der Waals surface area contributed by atoms with E-state index in [4.69, 9.17) is 10.2 Å². The number of piperidine rings is 1. The molecule has 1 fully saturated rings. The zero-order valence-electron chi connectivity index (χ0n) is 11.1. The van der Waals surface area contributed by atoms with Gasteiger partial charge in [-0.2, -0.15) is 0 Å². The van der Waals surface area contributed by atoms with Crippen LogP contribution in [0.5, 0.6) is 0 Å². The molecule has 7 heteroatoms. The molecule has 1 rings (SSSR count). The van der Waals surface area contributed by atoms with Crippen molar-refractivity contribution in [3.8, 4) is 0 Å². The van der Waals surface area contributed by atoms with Crippen molar-refractivity contribution in [2.45, 2.75) is 38.3 Å². The van der Waals surface area contributed by atoms with Crippen molar-refractivity contribution in [1.82, 2.24) is 10.2 Å². The topological polar surface area (TPSA) is 110 Å². The van der Waals surface area contributed by atoms with E-state index in [1.807, 2.05) is 0 Å². The van der Waals surface area contributed by atoms with Crippen LogP contribution in [-0.4, -0.2) is 64.1 Å². The Bertz CT molecular complexity index is 313. The van der Waals surface area contributed by atoms with Crippen molar-refractivity contribution in [1.29, 1.82) is 0 Å². The molecule has 19 heavy (non-hydrogen) atoms. The molecule has 2 amide bonds. The Hall–Kier alpha value is -1.34. The van der Waals surface area contributed by atoms with E-state index in [1.165, 1.54) is 0 Å². The summed E-state index contributed by atoms with van der Waals surface area (Å²) in [6, 6.07) is -1.49. The zero-order chi connectivity index (χ0) is 14.4. The number of nitrogens with one attached hydrogen (secondary N) is 1. The smallest absolute Gasteiger partial charge is 0.326 e. The van der Waals surface area contributed by atoms with E-state index in [0.29, 0.717) is 25.9 Å². The van der Waals surface area contributed by atoms with Gasteiger partial charge < -0.3 is 25.5 Å². The number of urea groups is 1. The summed E-state index contributed by atoms with van der Waals surface area (Å²) in [4.78, 5) is 24.3. The van der Waals surface area contributed by atoms with Crippen LogP contribution in [-0.2, 0) is 4.79 Å². The lowest BCUT2D eigenvalue weighted by Gasteiger charge is -2.33. The number of aliphatic hydroxyl groups excluding tert-OH is 2.